The van der Waals surface area contributed by atoms with Crippen molar-refractivity contribution in [2.24, 2.45) is 0 Å². The molecule has 2 heterocycles. The van der Waals surface area contributed by atoms with Gasteiger partial charge in [0.1, 0.15) is 5.76 Å². The SMILES string of the molecule is CCn1cc(NC(=O)c2cccc(CN(C)[C@@H](C)c3ccco3)c2)nn1. The highest BCUT2D eigenvalue weighted by Gasteiger charge is 2.15. The van der Waals surface area contributed by atoms with Crippen LogP contribution in [0.4, 0.5) is 5.82 Å². The summed E-state index contributed by atoms with van der Waals surface area (Å²) in [6, 6.07) is 11.6. The fourth-order valence-electron chi connectivity index (χ4n) is 2.68. The molecule has 1 atom stereocenters. The number of carbonyl (C=O) groups excluding carboxylic acids is 1. The first kappa shape index (κ1) is 17.9. The first-order valence-electron chi connectivity index (χ1n) is 8.61. The van der Waals surface area contributed by atoms with E-state index in [9.17, 15) is 4.79 Å². The molecule has 3 rings (SSSR count). The van der Waals surface area contributed by atoms with Crippen LogP contribution < -0.4 is 5.32 Å². The second-order valence-corrected chi connectivity index (χ2v) is 6.22. The van der Waals surface area contributed by atoms with Gasteiger partial charge in [-0.05, 0) is 50.7 Å². The lowest BCUT2D eigenvalue weighted by molar-refractivity contribution is 0.102. The molecule has 2 aromatic heterocycles. The predicted octanol–water partition coefficient (Wildman–Crippen LogP) is 3.34. The van der Waals surface area contributed by atoms with Gasteiger partial charge in [0.05, 0.1) is 18.5 Å². The van der Waals surface area contributed by atoms with E-state index in [0.717, 1.165) is 11.3 Å². The van der Waals surface area contributed by atoms with Crippen LogP contribution in [0.5, 0.6) is 0 Å². The molecular weight excluding hydrogens is 330 g/mol. The van der Waals surface area contributed by atoms with E-state index in [1.807, 2.05) is 44.3 Å². The van der Waals surface area contributed by atoms with Crippen molar-refractivity contribution >= 4 is 11.7 Å². The molecule has 0 spiro atoms. The molecule has 0 bridgehead atoms. The van der Waals surface area contributed by atoms with E-state index in [4.69, 9.17) is 4.42 Å². The van der Waals surface area contributed by atoms with Crippen LogP contribution >= 0.6 is 0 Å². The summed E-state index contributed by atoms with van der Waals surface area (Å²) in [4.78, 5) is 14.6. The molecule has 0 aliphatic rings. The van der Waals surface area contributed by atoms with Gasteiger partial charge in [-0.2, -0.15) is 0 Å². The molecule has 26 heavy (non-hydrogen) atoms. The summed E-state index contributed by atoms with van der Waals surface area (Å²) in [5.41, 5.74) is 1.64. The first-order valence-corrected chi connectivity index (χ1v) is 8.61. The van der Waals surface area contributed by atoms with E-state index in [2.05, 4.69) is 27.5 Å². The molecule has 0 saturated carbocycles. The van der Waals surface area contributed by atoms with Crippen molar-refractivity contribution in [1.29, 1.82) is 0 Å². The number of aryl methyl sites for hydroxylation is 1. The maximum atomic E-state index is 12.5. The molecule has 0 aliphatic heterocycles. The van der Waals surface area contributed by atoms with Crippen molar-refractivity contribution in [1.82, 2.24) is 19.9 Å². The van der Waals surface area contributed by atoms with Crippen LogP contribution in [-0.4, -0.2) is 32.8 Å². The van der Waals surface area contributed by atoms with Crippen LogP contribution in [0.2, 0.25) is 0 Å². The molecule has 136 valence electrons. The van der Waals surface area contributed by atoms with Crippen LogP contribution in [0.25, 0.3) is 0 Å². The maximum Gasteiger partial charge on any atom is 0.256 e. The Kier molecular flexibility index (Phi) is 5.48. The molecule has 1 N–H and O–H groups in total. The van der Waals surface area contributed by atoms with Crippen LogP contribution in [0.3, 0.4) is 0 Å². The number of furan rings is 1. The first-order chi connectivity index (χ1) is 12.6. The van der Waals surface area contributed by atoms with Crippen LogP contribution in [-0.2, 0) is 13.1 Å². The van der Waals surface area contributed by atoms with Gasteiger partial charge in [0.15, 0.2) is 5.82 Å². The molecule has 1 aromatic carbocycles. The lowest BCUT2D eigenvalue weighted by Crippen LogP contribution is -2.22. The third kappa shape index (κ3) is 4.18. The Bertz CT molecular complexity index is 856. The van der Waals surface area contributed by atoms with E-state index in [1.54, 1.807) is 23.2 Å². The second-order valence-electron chi connectivity index (χ2n) is 6.22. The summed E-state index contributed by atoms with van der Waals surface area (Å²) >= 11 is 0. The summed E-state index contributed by atoms with van der Waals surface area (Å²) in [6.07, 6.45) is 3.39. The largest absolute Gasteiger partial charge is 0.468 e. The zero-order chi connectivity index (χ0) is 18.5. The van der Waals surface area contributed by atoms with Crippen molar-refractivity contribution < 1.29 is 9.21 Å². The molecule has 0 fully saturated rings. The van der Waals surface area contributed by atoms with Crippen molar-refractivity contribution in [2.45, 2.75) is 33.0 Å². The standard InChI is InChI=1S/C19H23N5O2/c1-4-24-13-18(21-22-24)20-19(25)16-8-5-7-15(11-16)12-23(3)14(2)17-9-6-10-26-17/h5-11,13-14H,4,12H2,1-3H3,(H,20,25)/t14-/m0/s1. The molecule has 3 aromatic rings. The molecule has 0 radical (unpaired) electrons. The van der Waals surface area contributed by atoms with Gasteiger partial charge in [-0.3, -0.25) is 14.4 Å². The fourth-order valence-corrected chi connectivity index (χ4v) is 2.68. The third-order valence-electron chi connectivity index (χ3n) is 4.34. The van der Waals surface area contributed by atoms with Crippen molar-refractivity contribution in [3.05, 3.63) is 65.7 Å². The topological polar surface area (TPSA) is 76.2 Å². The highest BCUT2D eigenvalue weighted by molar-refractivity contribution is 6.03. The number of carbonyl (C=O) groups is 1. The number of rotatable bonds is 7. The van der Waals surface area contributed by atoms with Gasteiger partial charge < -0.3 is 9.73 Å². The molecular formula is C19H23N5O2. The highest BCUT2D eigenvalue weighted by atomic mass is 16.3. The second kappa shape index (κ2) is 7.97. The average Bonchev–Trinajstić information content (AvgIpc) is 3.33. The van der Waals surface area contributed by atoms with Crippen molar-refractivity contribution in [3.8, 4) is 0 Å². The number of anilines is 1. The summed E-state index contributed by atoms with van der Waals surface area (Å²) in [6.45, 7) is 5.46. The quantitative estimate of drug-likeness (QED) is 0.705. The zero-order valence-electron chi connectivity index (χ0n) is 15.2. The Morgan fingerprint density at radius 2 is 2.19 bits per heavy atom. The van der Waals surface area contributed by atoms with Gasteiger partial charge in [-0.25, -0.2) is 0 Å². The molecule has 0 unspecified atom stereocenters. The van der Waals surface area contributed by atoms with E-state index in [1.165, 1.54) is 0 Å². The Balaban J connectivity index is 1.66. The van der Waals surface area contributed by atoms with Crippen molar-refractivity contribution in [2.75, 3.05) is 12.4 Å². The van der Waals surface area contributed by atoms with Gasteiger partial charge >= 0.3 is 0 Å². The zero-order valence-corrected chi connectivity index (χ0v) is 15.2. The Morgan fingerprint density at radius 1 is 1.35 bits per heavy atom. The summed E-state index contributed by atoms with van der Waals surface area (Å²) in [7, 11) is 2.03. The summed E-state index contributed by atoms with van der Waals surface area (Å²) < 4.78 is 7.14. The lowest BCUT2D eigenvalue weighted by Gasteiger charge is -2.23. The third-order valence-corrected chi connectivity index (χ3v) is 4.34. The maximum absolute atomic E-state index is 12.5. The van der Waals surface area contributed by atoms with E-state index < -0.39 is 0 Å². The molecule has 0 saturated heterocycles. The minimum absolute atomic E-state index is 0.145. The number of nitrogens with zero attached hydrogens (tertiary/aromatic N) is 4. The van der Waals surface area contributed by atoms with Gasteiger partial charge in [0, 0.05) is 18.7 Å². The van der Waals surface area contributed by atoms with Gasteiger partial charge in [-0.1, -0.05) is 17.3 Å². The number of hydrogen-bond donors (Lipinski definition) is 1. The van der Waals surface area contributed by atoms with Gasteiger partial charge in [0.2, 0.25) is 0 Å². The normalized spacial score (nSPS) is 12.3. The summed E-state index contributed by atoms with van der Waals surface area (Å²) in [5, 5.41) is 10.6. The molecule has 7 nitrogen and oxygen atoms in total. The molecule has 7 heteroatoms. The van der Waals surface area contributed by atoms with E-state index in [0.29, 0.717) is 24.5 Å². The van der Waals surface area contributed by atoms with E-state index >= 15 is 0 Å². The Labute approximate surface area is 152 Å². The van der Waals surface area contributed by atoms with Gasteiger partial charge in [-0.15, -0.1) is 5.10 Å². The smallest absolute Gasteiger partial charge is 0.256 e. The van der Waals surface area contributed by atoms with Crippen molar-refractivity contribution in [3.63, 3.8) is 0 Å². The van der Waals surface area contributed by atoms with Gasteiger partial charge in [0.25, 0.3) is 5.91 Å². The predicted molar refractivity (Wildman–Crippen MR) is 98.7 cm³/mol. The number of benzene rings is 1. The monoisotopic (exact) mass is 353 g/mol. The lowest BCUT2D eigenvalue weighted by atomic mass is 10.1. The molecule has 0 aliphatic carbocycles. The van der Waals surface area contributed by atoms with Crippen LogP contribution in [0.15, 0.2) is 53.3 Å². The number of hydrogen-bond acceptors (Lipinski definition) is 5. The number of nitrogens with one attached hydrogen (secondary N) is 1. The minimum atomic E-state index is -0.197. The van der Waals surface area contributed by atoms with E-state index in [-0.39, 0.29) is 11.9 Å². The number of amides is 1. The average molecular weight is 353 g/mol. The molecule has 1 amide bonds. The van der Waals surface area contributed by atoms with Crippen LogP contribution in [0, 0.1) is 0 Å². The number of aromatic nitrogens is 3. The highest BCUT2D eigenvalue weighted by Crippen LogP contribution is 2.21. The minimum Gasteiger partial charge on any atom is -0.468 e. The van der Waals surface area contributed by atoms with Crippen LogP contribution in [0.1, 0.15) is 41.6 Å². The summed E-state index contributed by atoms with van der Waals surface area (Å²) in [5.74, 6) is 1.17. The Hall–Kier alpha value is -2.93. The fraction of sp³-hybridized carbons (Fsp3) is 0.316. The Morgan fingerprint density at radius 3 is 2.88 bits per heavy atom.